The van der Waals surface area contributed by atoms with E-state index in [1.54, 1.807) is 6.92 Å². The molecule has 0 amide bonds. The first-order chi connectivity index (χ1) is 9.80. The number of para-hydroxylation sites is 1. The van der Waals surface area contributed by atoms with E-state index in [-0.39, 0.29) is 22.5 Å². The number of halogens is 3. The Kier molecular flexibility index (Phi) is 2.96. The number of aromatic carboxylic acids is 1. The zero-order valence-corrected chi connectivity index (χ0v) is 11.2. The van der Waals surface area contributed by atoms with Gasteiger partial charge in [0.2, 0.25) is 5.82 Å². The molecule has 112 valence electrons. The summed E-state index contributed by atoms with van der Waals surface area (Å²) in [5, 5.41) is 9.23. The molecule has 0 radical (unpaired) electrons. The summed E-state index contributed by atoms with van der Waals surface area (Å²) >= 11 is 0. The number of alkyl halides is 3. The number of carboxylic acid groups (broad SMARTS) is 1. The Balaban J connectivity index is 2.34. The molecule has 1 aliphatic rings. The third-order valence-electron chi connectivity index (χ3n) is 3.91. The minimum absolute atomic E-state index is 0.0525. The van der Waals surface area contributed by atoms with E-state index < -0.39 is 24.0 Å². The summed E-state index contributed by atoms with van der Waals surface area (Å²) in [5.74, 6) is -2.13. The molecule has 21 heavy (non-hydrogen) atoms. The van der Waals surface area contributed by atoms with Gasteiger partial charge in [0.25, 0.3) is 0 Å². The summed E-state index contributed by atoms with van der Waals surface area (Å²) in [6.07, 6.45) is -2.90. The molecule has 1 aliphatic carbocycles. The van der Waals surface area contributed by atoms with Gasteiger partial charge in [-0.1, -0.05) is 6.07 Å². The Morgan fingerprint density at radius 3 is 2.62 bits per heavy atom. The molecule has 2 aromatic rings. The van der Waals surface area contributed by atoms with Crippen LogP contribution in [0.4, 0.5) is 13.2 Å². The van der Waals surface area contributed by atoms with Crippen molar-refractivity contribution in [2.75, 3.05) is 0 Å². The zero-order chi connectivity index (χ0) is 15.4. The third-order valence-corrected chi connectivity index (χ3v) is 3.91. The second-order valence-corrected chi connectivity index (χ2v) is 5.36. The van der Waals surface area contributed by atoms with Gasteiger partial charge in [0.05, 0.1) is 16.6 Å². The SMILES string of the molecule is CC(C1CC1)n1c(C(F)(F)F)nc2cccc(C(=O)O)c21. The smallest absolute Gasteiger partial charge is 0.449 e. The molecule has 1 atom stereocenters. The van der Waals surface area contributed by atoms with E-state index >= 15 is 0 Å². The highest BCUT2D eigenvalue weighted by atomic mass is 19.4. The molecule has 1 heterocycles. The lowest BCUT2D eigenvalue weighted by atomic mass is 10.1. The fourth-order valence-electron chi connectivity index (χ4n) is 2.71. The number of nitrogens with zero attached hydrogens (tertiary/aromatic N) is 2. The highest BCUT2D eigenvalue weighted by Crippen LogP contribution is 2.44. The van der Waals surface area contributed by atoms with Crippen LogP contribution < -0.4 is 0 Å². The molecule has 1 fully saturated rings. The second-order valence-electron chi connectivity index (χ2n) is 5.36. The van der Waals surface area contributed by atoms with Crippen molar-refractivity contribution in [3.63, 3.8) is 0 Å². The maximum atomic E-state index is 13.2. The van der Waals surface area contributed by atoms with Gasteiger partial charge in [-0.3, -0.25) is 0 Å². The van der Waals surface area contributed by atoms with Gasteiger partial charge in [-0.05, 0) is 37.8 Å². The highest BCUT2D eigenvalue weighted by molar-refractivity contribution is 6.01. The molecule has 1 aromatic carbocycles. The summed E-state index contributed by atoms with van der Waals surface area (Å²) in [5.41, 5.74) is -0.0329. The van der Waals surface area contributed by atoms with Gasteiger partial charge < -0.3 is 9.67 Å². The predicted octanol–water partition coefficient (Wildman–Crippen LogP) is 3.72. The summed E-state index contributed by atoms with van der Waals surface area (Å²) in [7, 11) is 0. The van der Waals surface area contributed by atoms with Crippen LogP contribution in [0.3, 0.4) is 0 Å². The van der Waals surface area contributed by atoms with Gasteiger partial charge in [-0.15, -0.1) is 0 Å². The number of fused-ring (bicyclic) bond motifs is 1. The first kappa shape index (κ1) is 13.9. The van der Waals surface area contributed by atoms with Crippen LogP contribution in [0.1, 0.15) is 42.0 Å². The standard InChI is InChI=1S/C14H13F3N2O2/c1-7(8-5-6-8)19-11-9(12(20)21)3-2-4-10(11)18-13(19)14(15,16)17/h2-4,7-8H,5-6H2,1H3,(H,20,21). The predicted molar refractivity (Wildman–Crippen MR) is 69.1 cm³/mol. The van der Waals surface area contributed by atoms with E-state index in [0.717, 1.165) is 17.4 Å². The number of imidazole rings is 1. The minimum atomic E-state index is -4.61. The summed E-state index contributed by atoms with van der Waals surface area (Å²) in [6.45, 7) is 1.69. The van der Waals surface area contributed by atoms with Gasteiger partial charge in [-0.25, -0.2) is 9.78 Å². The topological polar surface area (TPSA) is 55.1 Å². The molecular formula is C14H13F3N2O2. The monoisotopic (exact) mass is 298 g/mol. The molecule has 1 aromatic heterocycles. The maximum absolute atomic E-state index is 13.2. The summed E-state index contributed by atoms with van der Waals surface area (Å²) in [6, 6.07) is 3.70. The highest BCUT2D eigenvalue weighted by Gasteiger charge is 2.42. The van der Waals surface area contributed by atoms with Crippen LogP contribution in [0.5, 0.6) is 0 Å². The number of aromatic nitrogens is 2. The van der Waals surface area contributed by atoms with Crippen molar-refractivity contribution in [1.82, 2.24) is 9.55 Å². The number of carboxylic acids is 1. The van der Waals surface area contributed by atoms with Gasteiger partial charge in [0.15, 0.2) is 0 Å². The molecule has 0 spiro atoms. The van der Waals surface area contributed by atoms with Crippen LogP contribution in [-0.4, -0.2) is 20.6 Å². The molecule has 0 saturated heterocycles. The Morgan fingerprint density at radius 2 is 2.10 bits per heavy atom. The third kappa shape index (κ3) is 2.26. The molecule has 1 N–H and O–H groups in total. The number of hydrogen-bond donors (Lipinski definition) is 1. The molecular weight excluding hydrogens is 285 g/mol. The van der Waals surface area contributed by atoms with Crippen molar-refractivity contribution in [1.29, 1.82) is 0 Å². The van der Waals surface area contributed by atoms with Gasteiger partial charge in [0.1, 0.15) is 0 Å². The van der Waals surface area contributed by atoms with Crippen molar-refractivity contribution in [2.24, 2.45) is 5.92 Å². The molecule has 0 aliphatic heterocycles. The number of carbonyl (C=O) groups is 1. The van der Waals surface area contributed by atoms with Crippen molar-refractivity contribution in [3.8, 4) is 0 Å². The lowest BCUT2D eigenvalue weighted by Crippen LogP contribution is -2.19. The lowest BCUT2D eigenvalue weighted by molar-refractivity contribution is -0.147. The number of hydrogen-bond acceptors (Lipinski definition) is 2. The van der Waals surface area contributed by atoms with E-state index in [9.17, 15) is 23.1 Å². The fourth-order valence-corrected chi connectivity index (χ4v) is 2.71. The normalized spacial score (nSPS) is 17.1. The molecule has 7 heteroatoms. The van der Waals surface area contributed by atoms with Gasteiger partial charge in [-0.2, -0.15) is 13.2 Å². The van der Waals surface area contributed by atoms with E-state index in [1.807, 2.05) is 0 Å². The Bertz CT molecular complexity index is 717. The van der Waals surface area contributed by atoms with Crippen molar-refractivity contribution in [3.05, 3.63) is 29.6 Å². The lowest BCUT2D eigenvalue weighted by Gasteiger charge is -2.19. The van der Waals surface area contributed by atoms with Crippen molar-refractivity contribution < 1.29 is 23.1 Å². The van der Waals surface area contributed by atoms with Gasteiger partial charge >= 0.3 is 12.1 Å². The van der Waals surface area contributed by atoms with Crippen LogP contribution in [0.2, 0.25) is 0 Å². The molecule has 1 unspecified atom stereocenters. The second kappa shape index (κ2) is 4.47. The molecule has 4 nitrogen and oxygen atoms in total. The zero-order valence-electron chi connectivity index (χ0n) is 11.2. The fraction of sp³-hybridized carbons (Fsp3) is 0.429. The van der Waals surface area contributed by atoms with E-state index in [1.165, 1.54) is 18.2 Å². The summed E-state index contributed by atoms with van der Waals surface area (Å²) < 4.78 is 40.8. The Morgan fingerprint density at radius 1 is 1.43 bits per heavy atom. The van der Waals surface area contributed by atoms with Crippen LogP contribution in [0.15, 0.2) is 18.2 Å². The Hall–Kier alpha value is -2.05. The average Bonchev–Trinajstić information content (AvgIpc) is 3.15. The van der Waals surface area contributed by atoms with Crippen LogP contribution >= 0.6 is 0 Å². The largest absolute Gasteiger partial charge is 0.478 e. The number of benzene rings is 1. The van der Waals surface area contributed by atoms with E-state index in [4.69, 9.17) is 0 Å². The summed E-state index contributed by atoms with van der Waals surface area (Å²) in [4.78, 5) is 14.9. The molecule has 3 rings (SSSR count). The average molecular weight is 298 g/mol. The van der Waals surface area contributed by atoms with Crippen molar-refractivity contribution >= 4 is 17.0 Å². The first-order valence-corrected chi connectivity index (χ1v) is 6.62. The quantitative estimate of drug-likeness (QED) is 0.939. The van der Waals surface area contributed by atoms with Crippen LogP contribution in [0.25, 0.3) is 11.0 Å². The van der Waals surface area contributed by atoms with E-state index in [2.05, 4.69) is 4.98 Å². The number of rotatable bonds is 3. The van der Waals surface area contributed by atoms with E-state index in [0.29, 0.717) is 0 Å². The molecule has 1 saturated carbocycles. The first-order valence-electron chi connectivity index (χ1n) is 6.62. The minimum Gasteiger partial charge on any atom is -0.478 e. The maximum Gasteiger partial charge on any atom is 0.449 e. The molecule has 0 bridgehead atoms. The Labute approximate surface area is 118 Å². The van der Waals surface area contributed by atoms with Crippen LogP contribution in [0, 0.1) is 5.92 Å². The van der Waals surface area contributed by atoms with Crippen LogP contribution in [-0.2, 0) is 6.18 Å². The van der Waals surface area contributed by atoms with Gasteiger partial charge in [0, 0.05) is 6.04 Å². The van der Waals surface area contributed by atoms with Crippen molar-refractivity contribution in [2.45, 2.75) is 32.0 Å².